The van der Waals surface area contributed by atoms with Crippen molar-refractivity contribution in [2.24, 2.45) is 0 Å². The summed E-state index contributed by atoms with van der Waals surface area (Å²) >= 11 is 2.15. The molecule has 0 saturated carbocycles. The molecule has 0 unspecified atom stereocenters. The number of rotatable bonds is 3. The third-order valence-corrected chi connectivity index (χ3v) is 4.57. The molecule has 4 nitrogen and oxygen atoms in total. The van der Waals surface area contributed by atoms with Crippen LogP contribution in [0, 0.1) is 3.57 Å². The molecule has 1 saturated heterocycles. The molecule has 2 aromatic rings. The summed E-state index contributed by atoms with van der Waals surface area (Å²) in [5.41, 5.74) is 2.26. The van der Waals surface area contributed by atoms with Crippen LogP contribution in [0.2, 0.25) is 0 Å². The van der Waals surface area contributed by atoms with Crippen LogP contribution in [0.15, 0.2) is 48.5 Å². The van der Waals surface area contributed by atoms with Crippen LogP contribution in [0.5, 0.6) is 0 Å². The summed E-state index contributed by atoms with van der Waals surface area (Å²) in [7, 11) is 0. The van der Waals surface area contributed by atoms with Gasteiger partial charge in [0.05, 0.1) is 5.56 Å². The normalized spacial score (nSPS) is 14.2. The van der Waals surface area contributed by atoms with E-state index in [0.717, 1.165) is 27.9 Å². The zero-order chi connectivity index (χ0) is 15.5. The molecule has 1 aliphatic heterocycles. The molecule has 1 fully saturated rings. The predicted octanol–water partition coefficient (Wildman–Crippen LogP) is 3.67. The summed E-state index contributed by atoms with van der Waals surface area (Å²) in [5.74, 6) is 0.0330. The number of anilines is 2. The molecule has 3 rings (SSSR count). The van der Waals surface area contributed by atoms with Crippen molar-refractivity contribution < 1.29 is 9.59 Å². The maximum absolute atomic E-state index is 12.2. The van der Waals surface area contributed by atoms with Gasteiger partial charge in [-0.05, 0) is 65.4 Å². The molecule has 1 N–H and O–H groups in total. The topological polar surface area (TPSA) is 49.4 Å². The van der Waals surface area contributed by atoms with Crippen LogP contribution >= 0.6 is 22.6 Å². The second-order valence-electron chi connectivity index (χ2n) is 5.13. The molecular formula is C17H15IN2O2. The number of halogens is 1. The maximum Gasteiger partial charge on any atom is 0.256 e. The Morgan fingerprint density at radius 3 is 2.45 bits per heavy atom. The summed E-state index contributed by atoms with van der Waals surface area (Å²) in [6.07, 6.45) is 1.52. The van der Waals surface area contributed by atoms with E-state index < -0.39 is 0 Å². The largest absolute Gasteiger partial charge is 0.322 e. The molecule has 0 bridgehead atoms. The number of hydrogen-bond acceptors (Lipinski definition) is 2. The molecule has 112 valence electrons. The van der Waals surface area contributed by atoms with Crippen LogP contribution in [0.1, 0.15) is 23.2 Å². The van der Waals surface area contributed by atoms with Crippen molar-refractivity contribution >= 4 is 45.8 Å². The highest BCUT2D eigenvalue weighted by Crippen LogP contribution is 2.23. The van der Waals surface area contributed by atoms with Crippen molar-refractivity contribution in [1.29, 1.82) is 0 Å². The molecule has 0 spiro atoms. The summed E-state index contributed by atoms with van der Waals surface area (Å²) in [6.45, 7) is 0.771. The van der Waals surface area contributed by atoms with E-state index in [4.69, 9.17) is 0 Å². The Balaban J connectivity index is 1.72. The fourth-order valence-electron chi connectivity index (χ4n) is 2.49. The molecule has 0 aliphatic carbocycles. The SMILES string of the molecule is O=C(Nc1ccc(N2CCCC2=O)cc1)c1ccccc1I. The molecule has 0 radical (unpaired) electrons. The van der Waals surface area contributed by atoms with E-state index in [2.05, 4.69) is 27.9 Å². The average Bonchev–Trinajstić information content (AvgIpc) is 2.94. The number of hydrogen-bond donors (Lipinski definition) is 1. The lowest BCUT2D eigenvalue weighted by Gasteiger charge is -2.16. The lowest BCUT2D eigenvalue weighted by molar-refractivity contribution is -0.117. The van der Waals surface area contributed by atoms with Crippen LogP contribution < -0.4 is 10.2 Å². The van der Waals surface area contributed by atoms with Gasteiger partial charge in [-0.2, -0.15) is 0 Å². The van der Waals surface area contributed by atoms with Crippen LogP contribution in [0.25, 0.3) is 0 Å². The molecule has 2 amide bonds. The van der Waals surface area contributed by atoms with Gasteiger partial charge in [0.2, 0.25) is 5.91 Å². The number of nitrogens with one attached hydrogen (secondary N) is 1. The van der Waals surface area contributed by atoms with Crippen molar-refractivity contribution in [1.82, 2.24) is 0 Å². The van der Waals surface area contributed by atoms with Crippen molar-refractivity contribution in [2.75, 3.05) is 16.8 Å². The van der Waals surface area contributed by atoms with Crippen LogP contribution in [0.3, 0.4) is 0 Å². The Kier molecular flexibility index (Phi) is 4.42. The summed E-state index contributed by atoms with van der Waals surface area (Å²) in [4.78, 5) is 25.7. The van der Waals surface area contributed by atoms with Gasteiger partial charge in [-0.15, -0.1) is 0 Å². The number of benzene rings is 2. The van der Waals surface area contributed by atoms with Crippen molar-refractivity contribution in [2.45, 2.75) is 12.8 Å². The Bertz CT molecular complexity index is 713. The minimum atomic E-state index is -0.130. The number of amides is 2. The molecule has 5 heteroatoms. The second kappa shape index (κ2) is 6.48. The van der Waals surface area contributed by atoms with E-state index >= 15 is 0 Å². The predicted molar refractivity (Wildman–Crippen MR) is 95.1 cm³/mol. The van der Waals surface area contributed by atoms with E-state index in [-0.39, 0.29) is 11.8 Å². The fraction of sp³-hybridized carbons (Fsp3) is 0.176. The van der Waals surface area contributed by atoms with Crippen molar-refractivity contribution in [3.05, 3.63) is 57.7 Å². The molecule has 2 aromatic carbocycles. The lowest BCUT2D eigenvalue weighted by Crippen LogP contribution is -2.23. The van der Waals surface area contributed by atoms with E-state index in [0.29, 0.717) is 12.0 Å². The van der Waals surface area contributed by atoms with Gasteiger partial charge in [0.1, 0.15) is 0 Å². The Morgan fingerprint density at radius 2 is 1.82 bits per heavy atom. The van der Waals surface area contributed by atoms with E-state index in [1.54, 1.807) is 11.0 Å². The Labute approximate surface area is 142 Å². The first-order valence-electron chi connectivity index (χ1n) is 7.11. The van der Waals surface area contributed by atoms with Crippen LogP contribution in [0.4, 0.5) is 11.4 Å². The zero-order valence-electron chi connectivity index (χ0n) is 11.9. The monoisotopic (exact) mass is 406 g/mol. The maximum atomic E-state index is 12.2. The van der Waals surface area contributed by atoms with Gasteiger partial charge < -0.3 is 10.2 Å². The molecular weight excluding hydrogens is 391 g/mol. The summed E-state index contributed by atoms with van der Waals surface area (Å²) in [6, 6.07) is 14.8. The highest BCUT2D eigenvalue weighted by Gasteiger charge is 2.21. The number of carbonyl (C=O) groups excluding carboxylic acids is 2. The van der Waals surface area contributed by atoms with Crippen LogP contribution in [-0.4, -0.2) is 18.4 Å². The summed E-state index contributed by atoms with van der Waals surface area (Å²) in [5, 5.41) is 2.88. The molecule has 22 heavy (non-hydrogen) atoms. The van der Waals surface area contributed by atoms with Gasteiger partial charge in [0.15, 0.2) is 0 Å². The smallest absolute Gasteiger partial charge is 0.256 e. The van der Waals surface area contributed by atoms with Gasteiger partial charge in [-0.1, -0.05) is 12.1 Å². The quantitative estimate of drug-likeness (QED) is 0.791. The highest BCUT2D eigenvalue weighted by molar-refractivity contribution is 14.1. The summed E-state index contributed by atoms with van der Waals surface area (Å²) < 4.78 is 0.914. The van der Waals surface area contributed by atoms with E-state index in [1.165, 1.54) is 0 Å². The Hall–Kier alpha value is -1.89. The first-order valence-corrected chi connectivity index (χ1v) is 8.19. The first-order chi connectivity index (χ1) is 10.6. The molecule has 0 aromatic heterocycles. The van der Waals surface area contributed by atoms with Crippen molar-refractivity contribution in [3.63, 3.8) is 0 Å². The average molecular weight is 406 g/mol. The van der Waals surface area contributed by atoms with Crippen LogP contribution in [-0.2, 0) is 4.79 Å². The minimum absolute atomic E-state index is 0.130. The fourth-order valence-corrected chi connectivity index (χ4v) is 3.12. The Morgan fingerprint density at radius 1 is 1.09 bits per heavy atom. The highest BCUT2D eigenvalue weighted by atomic mass is 127. The molecule has 1 heterocycles. The van der Waals surface area contributed by atoms with Gasteiger partial charge in [-0.3, -0.25) is 9.59 Å². The van der Waals surface area contributed by atoms with Gasteiger partial charge in [0, 0.05) is 27.9 Å². The van der Waals surface area contributed by atoms with Gasteiger partial charge >= 0.3 is 0 Å². The third kappa shape index (κ3) is 3.14. The van der Waals surface area contributed by atoms with E-state index in [9.17, 15) is 9.59 Å². The van der Waals surface area contributed by atoms with Crippen molar-refractivity contribution in [3.8, 4) is 0 Å². The molecule has 0 atom stereocenters. The van der Waals surface area contributed by atoms with E-state index in [1.807, 2.05) is 42.5 Å². The second-order valence-corrected chi connectivity index (χ2v) is 6.29. The number of carbonyl (C=O) groups is 2. The molecule has 1 aliphatic rings. The first kappa shape index (κ1) is 15.0. The third-order valence-electron chi connectivity index (χ3n) is 3.63. The number of nitrogens with zero attached hydrogens (tertiary/aromatic N) is 1. The standard InChI is InChI=1S/C17H15IN2O2/c18-15-5-2-1-4-14(15)17(22)19-12-7-9-13(10-8-12)20-11-3-6-16(20)21/h1-2,4-5,7-10H,3,6,11H2,(H,19,22). The lowest BCUT2D eigenvalue weighted by atomic mass is 10.2. The minimum Gasteiger partial charge on any atom is -0.322 e. The van der Waals surface area contributed by atoms with Gasteiger partial charge in [-0.25, -0.2) is 0 Å². The zero-order valence-corrected chi connectivity index (χ0v) is 14.0. The van der Waals surface area contributed by atoms with Gasteiger partial charge in [0.25, 0.3) is 5.91 Å².